The van der Waals surface area contributed by atoms with E-state index in [9.17, 15) is 9.90 Å². The zero-order valence-electron chi connectivity index (χ0n) is 12.6. The molecule has 0 heterocycles. The summed E-state index contributed by atoms with van der Waals surface area (Å²) >= 11 is 3.52. The van der Waals surface area contributed by atoms with Crippen LogP contribution in [0.3, 0.4) is 0 Å². The highest BCUT2D eigenvalue weighted by atomic mass is 79.9. The first-order valence-electron chi connectivity index (χ1n) is 6.81. The molecule has 0 saturated carbocycles. The fourth-order valence-corrected chi connectivity index (χ4v) is 3.07. The Labute approximate surface area is 137 Å². The van der Waals surface area contributed by atoms with Crippen molar-refractivity contribution in [1.82, 2.24) is 0 Å². The lowest BCUT2D eigenvalue weighted by atomic mass is 10.0. The average molecular weight is 365 g/mol. The number of aliphatic carboxylic acids is 1. The number of fused-ring (bicyclic) bond motifs is 1. The topological polar surface area (TPSA) is 55.8 Å². The molecular formula is C17H17BrO4. The molecule has 5 heteroatoms. The average Bonchev–Trinajstić information content (AvgIpc) is 2.52. The summed E-state index contributed by atoms with van der Waals surface area (Å²) < 4.78 is 11.7. The number of hydrogen-bond acceptors (Lipinski definition) is 3. The predicted octanol–water partition coefficient (Wildman–Crippen LogP) is 4.50. The van der Waals surface area contributed by atoms with E-state index >= 15 is 0 Å². The van der Waals surface area contributed by atoms with Crippen LogP contribution < -0.4 is 9.47 Å². The van der Waals surface area contributed by atoms with E-state index in [1.165, 1.54) is 0 Å². The number of carbonyl (C=O) groups is 1. The number of carboxylic acid groups (broad SMARTS) is 1. The molecule has 0 atom stereocenters. The van der Waals surface area contributed by atoms with Crippen molar-refractivity contribution in [3.8, 4) is 11.5 Å². The van der Waals surface area contributed by atoms with Crippen LogP contribution in [0.5, 0.6) is 11.5 Å². The van der Waals surface area contributed by atoms with Crippen molar-refractivity contribution in [2.45, 2.75) is 13.3 Å². The van der Waals surface area contributed by atoms with Crippen molar-refractivity contribution in [1.29, 1.82) is 0 Å². The summed E-state index contributed by atoms with van der Waals surface area (Å²) in [6.07, 6.45) is 2.04. The van der Waals surface area contributed by atoms with Crippen molar-refractivity contribution < 1.29 is 19.4 Å². The van der Waals surface area contributed by atoms with Crippen LogP contribution in [0.1, 0.15) is 18.9 Å². The minimum absolute atomic E-state index is 0.302. The second-order valence-electron chi connectivity index (χ2n) is 4.67. The summed E-state index contributed by atoms with van der Waals surface area (Å²) in [7, 11) is 3.16. The molecule has 0 fully saturated rings. The fourth-order valence-electron chi connectivity index (χ4n) is 2.40. The Morgan fingerprint density at radius 2 is 1.73 bits per heavy atom. The molecule has 0 aliphatic heterocycles. The van der Waals surface area contributed by atoms with Gasteiger partial charge in [0.25, 0.3) is 0 Å². The molecule has 0 radical (unpaired) electrons. The second-order valence-corrected chi connectivity index (χ2v) is 5.46. The van der Waals surface area contributed by atoms with Crippen LogP contribution in [0.2, 0.25) is 0 Å². The lowest BCUT2D eigenvalue weighted by molar-refractivity contribution is -0.132. The van der Waals surface area contributed by atoms with Crippen molar-refractivity contribution in [3.63, 3.8) is 0 Å². The Hall–Kier alpha value is -2.01. The summed E-state index contributed by atoms with van der Waals surface area (Å²) in [4.78, 5) is 11.3. The highest BCUT2D eigenvalue weighted by molar-refractivity contribution is 9.10. The van der Waals surface area contributed by atoms with E-state index in [2.05, 4.69) is 15.9 Å². The van der Waals surface area contributed by atoms with Crippen LogP contribution in [0.4, 0.5) is 0 Å². The van der Waals surface area contributed by atoms with Crippen molar-refractivity contribution in [3.05, 3.63) is 39.9 Å². The number of carboxylic acids is 1. The number of rotatable bonds is 5. The largest absolute Gasteiger partial charge is 0.495 e. The lowest BCUT2D eigenvalue weighted by Gasteiger charge is -2.16. The van der Waals surface area contributed by atoms with E-state index in [1.807, 2.05) is 24.3 Å². The number of hydrogen-bond donors (Lipinski definition) is 1. The molecule has 116 valence electrons. The third-order valence-electron chi connectivity index (χ3n) is 3.48. The van der Waals surface area contributed by atoms with E-state index in [0.29, 0.717) is 33.5 Å². The summed E-state index contributed by atoms with van der Waals surface area (Å²) in [6, 6.07) is 7.68. The third-order valence-corrected chi connectivity index (χ3v) is 4.27. The van der Waals surface area contributed by atoms with Crippen molar-refractivity contribution in [2.75, 3.05) is 14.2 Å². The zero-order valence-corrected chi connectivity index (χ0v) is 14.2. The van der Waals surface area contributed by atoms with Crippen LogP contribution in [0.25, 0.3) is 16.8 Å². The molecule has 2 aromatic carbocycles. The molecule has 0 saturated heterocycles. The van der Waals surface area contributed by atoms with Gasteiger partial charge in [0.1, 0.15) is 11.5 Å². The highest BCUT2D eigenvalue weighted by Gasteiger charge is 2.19. The van der Waals surface area contributed by atoms with Crippen LogP contribution in [0, 0.1) is 0 Å². The van der Waals surface area contributed by atoms with E-state index in [0.717, 1.165) is 10.8 Å². The monoisotopic (exact) mass is 364 g/mol. The van der Waals surface area contributed by atoms with Gasteiger partial charge in [-0.1, -0.05) is 31.2 Å². The van der Waals surface area contributed by atoms with Gasteiger partial charge in [-0.2, -0.15) is 0 Å². The molecule has 0 amide bonds. The van der Waals surface area contributed by atoms with E-state index in [-0.39, 0.29) is 0 Å². The van der Waals surface area contributed by atoms with E-state index in [4.69, 9.17) is 9.47 Å². The highest BCUT2D eigenvalue weighted by Crippen LogP contribution is 2.44. The van der Waals surface area contributed by atoms with Gasteiger partial charge in [0.2, 0.25) is 0 Å². The van der Waals surface area contributed by atoms with Crippen LogP contribution >= 0.6 is 15.9 Å². The minimum Gasteiger partial charge on any atom is -0.495 e. The molecule has 1 N–H and O–H groups in total. The quantitative estimate of drug-likeness (QED) is 0.793. The lowest BCUT2D eigenvalue weighted by Crippen LogP contribution is -2.01. The van der Waals surface area contributed by atoms with Gasteiger partial charge in [0.15, 0.2) is 0 Å². The van der Waals surface area contributed by atoms with Gasteiger partial charge in [-0.05, 0) is 28.4 Å². The first-order valence-corrected chi connectivity index (χ1v) is 7.60. The summed E-state index contributed by atoms with van der Waals surface area (Å²) in [6.45, 7) is 1.80. The van der Waals surface area contributed by atoms with Gasteiger partial charge in [-0.15, -0.1) is 0 Å². The SMILES string of the molecule is CC/C(=C/c1c(Br)c(OC)c2ccccc2c1OC)C(=O)O. The van der Waals surface area contributed by atoms with Crippen molar-refractivity contribution in [2.24, 2.45) is 0 Å². The van der Waals surface area contributed by atoms with Gasteiger partial charge < -0.3 is 14.6 Å². The third kappa shape index (κ3) is 2.81. The molecule has 0 aliphatic rings. The zero-order chi connectivity index (χ0) is 16.3. The smallest absolute Gasteiger partial charge is 0.331 e. The Kier molecular flexibility index (Phi) is 5.08. The first-order chi connectivity index (χ1) is 10.5. The van der Waals surface area contributed by atoms with Gasteiger partial charge in [0.05, 0.1) is 18.7 Å². The van der Waals surface area contributed by atoms with E-state index in [1.54, 1.807) is 27.2 Å². The molecule has 0 aliphatic carbocycles. The molecule has 2 aromatic rings. The van der Waals surface area contributed by atoms with Gasteiger partial charge in [-0.3, -0.25) is 0 Å². The maximum absolute atomic E-state index is 11.3. The first kappa shape index (κ1) is 16.4. The molecule has 22 heavy (non-hydrogen) atoms. The van der Waals surface area contributed by atoms with Crippen LogP contribution in [-0.2, 0) is 4.79 Å². The molecule has 2 rings (SSSR count). The normalized spacial score (nSPS) is 11.5. The Balaban J connectivity index is 2.89. The van der Waals surface area contributed by atoms with Crippen LogP contribution in [0.15, 0.2) is 34.3 Å². The molecular weight excluding hydrogens is 348 g/mol. The number of benzene rings is 2. The summed E-state index contributed by atoms with van der Waals surface area (Å²) in [5, 5.41) is 11.0. The van der Waals surface area contributed by atoms with Gasteiger partial charge in [-0.25, -0.2) is 4.79 Å². The molecule has 0 unspecified atom stereocenters. The minimum atomic E-state index is -0.941. The Bertz CT molecular complexity index is 750. The second kappa shape index (κ2) is 6.83. The standard InChI is InChI=1S/C17H17BrO4/c1-4-10(17(19)20)9-13-14(18)16(22-3)12-8-6-5-7-11(12)15(13)21-2/h5-9H,4H2,1-3H3,(H,19,20)/b10-9-. The van der Waals surface area contributed by atoms with Gasteiger partial charge >= 0.3 is 5.97 Å². The Morgan fingerprint density at radius 1 is 1.18 bits per heavy atom. The van der Waals surface area contributed by atoms with E-state index < -0.39 is 5.97 Å². The van der Waals surface area contributed by atoms with Crippen molar-refractivity contribution >= 4 is 38.7 Å². The number of ether oxygens (including phenoxy) is 2. The summed E-state index contributed by atoms with van der Waals surface area (Å²) in [5.74, 6) is 0.336. The predicted molar refractivity (Wildman–Crippen MR) is 90.7 cm³/mol. The van der Waals surface area contributed by atoms with Crippen LogP contribution in [-0.4, -0.2) is 25.3 Å². The molecule has 0 aromatic heterocycles. The molecule has 0 spiro atoms. The number of halogens is 1. The molecule has 0 bridgehead atoms. The number of methoxy groups -OCH3 is 2. The van der Waals surface area contributed by atoms with Gasteiger partial charge in [0, 0.05) is 21.9 Å². The maximum atomic E-state index is 11.3. The maximum Gasteiger partial charge on any atom is 0.331 e. The fraction of sp³-hybridized carbons (Fsp3) is 0.235. The summed E-state index contributed by atoms with van der Waals surface area (Å²) in [5.41, 5.74) is 0.966. The molecule has 4 nitrogen and oxygen atoms in total. The Morgan fingerprint density at radius 3 is 2.18 bits per heavy atom.